The van der Waals surface area contributed by atoms with E-state index in [-0.39, 0.29) is 0 Å². The summed E-state index contributed by atoms with van der Waals surface area (Å²) in [5, 5.41) is 0. The van der Waals surface area contributed by atoms with Gasteiger partial charge in [0.1, 0.15) is 0 Å². The van der Waals surface area contributed by atoms with Crippen LogP contribution in [-0.2, 0) is 6.54 Å². The lowest BCUT2D eigenvalue weighted by atomic mass is 10.2. The molecule has 1 rings (SSSR count). The fraction of sp³-hybridized carbons (Fsp3) is 0.333. The average molecular weight is 207 g/mol. The van der Waals surface area contributed by atoms with Gasteiger partial charge >= 0.3 is 0 Å². The number of methoxy groups -OCH3 is 2. The number of rotatable bonds is 5. The van der Waals surface area contributed by atoms with Gasteiger partial charge in [0, 0.05) is 13.6 Å². The van der Waals surface area contributed by atoms with E-state index in [0.29, 0.717) is 0 Å². The lowest BCUT2D eigenvalue weighted by Gasteiger charge is -2.15. The van der Waals surface area contributed by atoms with E-state index in [4.69, 9.17) is 9.47 Å². The number of ether oxygens (including phenoxy) is 2. The molecule has 1 aromatic rings. The van der Waals surface area contributed by atoms with Gasteiger partial charge in [-0.05, 0) is 23.9 Å². The smallest absolute Gasteiger partial charge is 0.161 e. The highest BCUT2D eigenvalue weighted by molar-refractivity contribution is 5.42. The van der Waals surface area contributed by atoms with E-state index in [1.165, 1.54) is 0 Å². The third kappa shape index (κ3) is 2.91. The van der Waals surface area contributed by atoms with Crippen molar-refractivity contribution >= 4 is 0 Å². The number of hydrogen-bond donors (Lipinski definition) is 0. The third-order valence-electron chi connectivity index (χ3n) is 2.19. The Morgan fingerprint density at radius 3 is 2.47 bits per heavy atom. The first-order chi connectivity index (χ1) is 7.21. The summed E-state index contributed by atoms with van der Waals surface area (Å²) in [6.07, 6.45) is 1.79. The molecule has 0 aromatic heterocycles. The molecule has 3 nitrogen and oxygen atoms in total. The molecule has 15 heavy (non-hydrogen) atoms. The molecule has 3 heteroatoms. The van der Waals surface area contributed by atoms with Gasteiger partial charge in [-0.3, -0.25) is 0 Å². The zero-order valence-corrected chi connectivity index (χ0v) is 9.49. The first-order valence-electron chi connectivity index (χ1n) is 4.75. The number of benzene rings is 1. The summed E-state index contributed by atoms with van der Waals surface area (Å²) in [7, 11) is 5.25. The molecule has 82 valence electrons. The predicted octanol–water partition coefficient (Wildman–Crippen LogP) is 2.28. The average Bonchev–Trinajstić information content (AvgIpc) is 2.28. The summed E-state index contributed by atoms with van der Waals surface area (Å²) in [6, 6.07) is 5.89. The maximum absolute atomic E-state index is 5.22. The molecule has 0 aliphatic rings. The fourth-order valence-electron chi connectivity index (χ4n) is 1.33. The Kier molecular flexibility index (Phi) is 4.03. The zero-order chi connectivity index (χ0) is 11.3. The molecule has 0 radical (unpaired) electrons. The minimum atomic E-state index is 0.752. The molecule has 0 saturated carbocycles. The Balaban J connectivity index is 2.87. The van der Waals surface area contributed by atoms with Gasteiger partial charge in [0.2, 0.25) is 0 Å². The second kappa shape index (κ2) is 5.29. The van der Waals surface area contributed by atoms with Crippen LogP contribution < -0.4 is 9.47 Å². The molecule has 0 amide bonds. The summed E-state index contributed by atoms with van der Waals surface area (Å²) in [4.78, 5) is 2.00. The van der Waals surface area contributed by atoms with E-state index in [1.807, 2.05) is 30.1 Å². The van der Waals surface area contributed by atoms with Crippen molar-refractivity contribution in [2.24, 2.45) is 0 Å². The monoisotopic (exact) mass is 207 g/mol. The summed E-state index contributed by atoms with van der Waals surface area (Å²) in [5.74, 6) is 1.51. The van der Waals surface area contributed by atoms with Crippen molar-refractivity contribution < 1.29 is 9.47 Å². The van der Waals surface area contributed by atoms with Crippen LogP contribution in [0.2, 0.25) is 0 Å². The van der Waals surface area contributed by atoms with Crippen molar-refractivity contribution in [3.05, 3.63) is 36.5 Å². The van der Waals surface area contributed by atoms with Crippen LogP contribution in [0.4, 0.5) is 0 Å². The molecule has 0 heterocycles. The van der Waals surface area contributed by atoms with E-state index < -0.39 is 0 Å². The van der Waals surface area contributed by atoms with Crippen LogP contribution in [0.15, 0.2) is 31.0 Å². The van der Waals surface area contributed by atoms with Gasteiger partial charge in [0.05, 0.1) is 14.2 Å². The van der Waals surface area contributed by atoms with Crippen molar-refractivity contribution in [3.63, 3.8) is 0 Å². The minimum absolute atomic E-state index is 0.752. The van der Waals surface area contributed by atoms with Crippen molar-refractivity contribution in [2.75, 3.05) is 21.3 Å². The Hall–Kier alpha value is -1.64. The van der Waals surface area contributed by atoms with E-state index >= 15 is 0 Å². The topological polar surface area (TPSA) is 21.7 Å². The van der Waals surface area contributed by atoms with Gasteiger partial charge < -0.3 is 14.4 Å². The number of hydrogen-bond acceptors (Lipinski definition) is 3. The second-order valence-electron chi connectivity index (χ2n) is 3.29. The van der Waals surface area contributed by atoms with Gasteiger partial charge in [-0.25, -0.2) is 0 Å². The highest BCUT2D eigenvalue weighted by Crippen LogP contribution is 2.27. The Bertz CT molecular complexity index is 336. The van der Waals surface area contributed by atoms with Gasteiger partial charge in [0.25, 0.3) is 0 Å². The van der Waals surface area contributed by atoms with Crippen LogP contribution in [0.25, 0.3) is 0 Å². The molecule has 0 aliphatic heterocycles. The van der Waals surface area contributed by atoms with Crippen LogP contribution in [-0.4, -0.2) is 26.2 Å². The van der Waals surface area contributed by atoms with E-state index in [9.17, 15) is 0 Å². The Morgan fingerprint density at radius 1 is 1.27 bits per heavy atom. The zero-order valence-electron chi connectivity index (χ0n) is 9.49. The molecule has 0 N–H and O–H groups in total. The van der Waals surface area contributed by atoms with Crippen LogP contribution in [0.5, 0.6) is 11.5 Å². The van der Waals surface area contributed by atoms with Crippen molar-refractivity contribution in [3.8, 4) is 11.5 Å². The summed E-state index contributed by atoms with van der Waals surface area (Å²) < 4.78 is 10.4. The molecule has 0 atom stereocenters. The Morgan fingerprint density at radius 2 is 1.93 bits per heavy atom. The van der Waals surface area contributed by atoms with Crippen molar-refractivity contribution in [1.82, 2.24) is 4.90 Å². The molecule has 0 aliphatic carbocycles. The van der Waals surface area contributed by atoms with Crippen LogP contribution >= 0.6 is 0 Å². The molecule has 0 bridgehead atoms. The molecule has 0 saturated heterocycles. The summed E-state index contributed by atoms with van der Waals surface area (Å²) in [6.45, 7) is 4.51. The minimum Gasteiger partial charge on any atom is -0.493 e. The third-order valence-corrected chi connectivity index (χ3v) is 2.19. The van der Waals surface area contributed by atoms with E-state index in [0.717, 1.165) is 23.6 Å². The SMILES string of the molecule is C=CN(C)Cc1ccc(OC)c(OC)c1. The molecule has 1 aromatic carbocycles. The number of nitrogens with zero attached hydrogens (tertiary/aromatic N) is 1. The predicted molar refractivity (Wildman–Crippen MR) is 61.2 cm³/mol. The van der Waals surface area contributed by atoms with Crippen molar-refractivity contribution in [1.29, 1.82) is 0 Å². The van der Waals surface area contributed by atoms with E-state index in [1.54, 1.807) is 20.4 Å². The lowest BCUT2D eigenvalue weighted by Crippen LogP contribution is -2.09. The quantitative estimate of drug-likeness (QED) is 0.739. The Labute approximate surface area is 90.9 Å². The first-order valence-corrected chi connectivity index (χ1v) is 4.75. The van der Waals surface area contributed by atoms with Crippen LogP contribution in [0.3, 0.4) is 0 Å². The maximum atomic E-state index is 5.22. The lowest BCUT2D eigenvalue weighted by molar-refractivity contribution is 0.353. The molecular weight excluding hydrogens is 190 g/mol. The molecule has 0 unspecified atom stereocenters. The van der Waals surface area contributed by atoms with Crippen LogP contribution in [0, 0.1) is 0 Å². The fourth-order valence-corrected chi connectivity index (χ4v) is 1.33. The van der Waals surface area contributed by atoms with Crippen LogP contribution in [0.1, 0.15) is 5.56 Å². The van der Waals surface area contributed by atoms with Crippen molar-refractivity contribution in [2.45, 2.75) is 6.54 Å². The molecule has 0 fully saturated rings. The van der Waals surface area contributed by atoms with Gasteiger partial charge in [0.15, 0.2) is 11.5 Å². The van der Waals surface area contributed by atoms with Gasteiger partial charge in [-0.2, -0.15) is 0 Å². The molecule has 0 spiro atoms. The summed E-state index contributed by atoms with van der Waals surface area (Å²) >= 11 is 0. The van der Waals surface area contributed by atoms with E-state index in [2.05, 4.69) is 6.58 Å². The van der Waals surface area contributed by atoms with Gasteiger partial charge in [-0.1, -0.05) is 12.6 Å². The summed E-state index contributed by atoms with van der Waals surface area (Å²) in [5.41, 5.74) is 1.16. The largest absolute Gasteiger partial charge is 0.493 e. The second-order valence-corrected chi connectivity index (χ2v) is 3.29. The first kappa shape index (κ1) is 11.4. The highest BCUT2D eigenvalue weighted by atomic mass is 16.5. The highest BCUT2D eigenvalue weighted by Gasteiger charge is 2.04. The maximum Gasteiger partial charge on any atom is 0.161 e. The normalized spacial score (nSPS) is 9.53. The molecular formula is C12H17NO2. The standard InChI is InChI=1S/C12H17NO2/c1-5-13(2)9-10-6-7-11(14-3)12(8-10)15-4/h5-8H,1,9H2,2-4H3. The van der Waals surface area contributed by atoms with Gasteiger partial charge in [-0.15, -0.1) is 0 Å².